The summed E-state index contributed by atoms with van der Waals surface area (Å²) < 4.78 is 5.59. The van der Waals surface area contributed by atoms with E-state index in [2.05, 4.69) is 4.98 Å². The van der Waals surface area contributed by atoms with E-state index in [1.54, 1.807) is 23.2 Å². The van der Waals surface area contributed by atoms with E-state index in [4.69, 9.17) is 16.3 Å². The minimum absolute atomic E-state index is 0.0573. The van der Waals surface area contributed by atoms with Crippen molar-refractivity contribution < 1.29 is 9.53 Å². The zero-order valence-electron chi connectivity index (χ0n) is 9.89. The molecule has 4 nitrogen and oxygen atoms in total. The number of hydrogen-bond donors (Lipinski definition) is 0. The van der Waals surface area contributed by atoms with Crippen molar-refractivity contribution in [3.63, 3.8) is 0 Å². The van der Waals surface area contributed by atoms with Gasteiger partial charge in [0.25, 0.3) is 5.91 Å². The van der Waals surface area contributed by atoms with Crippen molar-refractivity contribution in [3.8, 4) is 0 Å². The third-order valence-electron chi connectivity index (χ3n) is 2.65. The maximum atomic E-state index is 12.2. The molecule has 1 aromatic heterocycles. The molecule has 0 N–H and O–H groups in total. The van der Waals surface area contributed by atoms with Crippen molar-refractivity contribution in [1.82, 2.24) is 9.88 Å². The highest BCUT2D eigenvalue weighted by Crippen LogP contribution is 2.15. The second kappa shape index (κ2) is 5.02. The Labute approximate surface area is 106 Å². The van der Waals surface area contributed by atoms with Crippen LogP contribution in [0.15, 0.2) is 18.3 Å². The Morgan fingerprint density at radius 1 is 1.47 bits per heavy atom. The Bertz CT molecular complexity index is 415. The number of halogens is 1. The maximum absolute atomic E-state index is 12.2. The van der Waals surface area contributed by atoms with Gasteiger partial charge < -0.3 is 9.64 Å². The summed E-state index contributed by atoms with van der Waals surface area (Å²) in [6.07, 6.45) is 1.66. The van der Waals surface area contributed by atoms with E-state index >= 15 is 0 Å². The predicted molar refractivity (Wildman–Crippen MR) is 65.2 cm³/mol. The molecule has 0 radical (unpaired) electrons. The SMILES string of the molecule is CC1CN(C(=O)c2cc(Cl)ccn2)CC(C)O1. The molecule has 1 aliphatic rings. The van der Waals surface area contributed by atoms with E-state index in [0.29, 0.717) is 23.8 Å². The Morgan fingerprint density at radius 2 is 2.12 bits per heavy atom. The average Bonchev–Trinajstić information content (AvgIpc) is 2.26. The Hall–Kier alpha value is -1.13. The number of nitrogens with zero attached hydrogens (tertiary/aromatic N) is 2. The van der Waals surface area contributed by atoms with Crippen LogP contribution in [-0.4, -0.2) is 41.1 Å². The standard InChI is InChI=1S/C12H15ClN2O2/c1-8-6-15(7-9(2)17-8)12(16)11-5-10(13)3-4-14-11/h3-5,8-9H,6-7H2,1-2H3. The molecular weight excluding hydrogens is 240 g/mol. The fourth-order valence-electron chi connectivity index (χ4n) is 2.03. The van der Waals surface area contributed by atoms with Crippen LogP contribution in [-0.2, 0) is 4.74 Å². The number of carbonyl (C=O) groups is 1. The minimum atomic E-state index is -0.0884. The topological polar surface area (TPSA) is 42.4 Å². The Balaban J connectivity index is 2.14. The molecule has 0 bridgehead atoms. The van der Waals surface area contributed by atoms with Crippen LogP contribution in [0.25, 0.3) is 0 Å². The number of hydrogen-bond acceptors (Lipinski definition) is 3. The van der Waals surface area contributed by atoms with Gasteiger partial charge >= 0.3 is 0 Å². The van der Waals surface area contributed by atoms with Gasteiger partial charge in [-0.2, -0.15) is 0 Å². The second-order valence-corrected chi connectivity index (χ2v) is 4.76. The number of amides is 1. The molecule has 0 spiro atoms. The van der Waals surface area contributed by atoms with Gasteiger partial charge in [-0.15, -0.1) is 0 Å². The number of rotatable bonds is 1. The summed E-state index contributed by atoms with van der Waals surface area (Å²) in [6.45, 7) is 5.11. The second-order valence-electron chi connectivity index (χ2n) is 4.33. The lowest BCUT2D eigenvalue weighted by molar-refractivity contribution is -0.0587. The first kappa shape index (κ1) is 12.3. The van der Waals surface area contributed by atoms with Crippen LogP contribution in [0.5, 0.6) is 0 Å². The molecule has 5 heteroatoms. The van der Waals surface area contributed by atoms with Gasteiger partial charge in [0.1, 0.15) is 5.69 Å². The zero-order valence-corrected chi connectivity index (χ0v) is 10.6. The van der Waals surface area contributed by atoms with Gasteiger partial charge in [0.15, 0.2) is 0 Å². The van der Waals surface area contributed by atoms with E-state index in [0.717, 1.165) is 0 Å². The van der Waals surface area contributed by atoms with Crippen LogP contribution < -0.4 is 0 Å². The molecule has 92 valence electrons. The number of morpholine rings is 1. The molecule has 1 saturated heterocycles. The summed E-state index contributed by atoms with van der Waals surface area (Å²) in [5.41, 5.74) is 0.388. The smallest absolute Gasteiger partial charge is 0.272 e. The van der Waals surface area contributed by atoms with Gasteiger partial charge in [-0.3, -0.25) is 9.78 Å². The van der Waals surface area contributed by atoms with Gasteiger partial charge in [-0.05, 0) is 26.0 Å². The van der Waals surface area contributed by atoms with E-state index in [1.165, 1.54) is 0 Å². The monoisotopic (exact) mass is 254 g/mol. The first-order valence-corrected chi connectivity index (χ1v) is 6.00. The summed E-state index contributed by atoms with van der Waals surface area (Å²) in [5.74, 6) is -0.0884. The van der Waals surface area contributed by atoms with Crippen molar-refractivity contribution in [2.24, 2.45) is 0 Å². The van der Waals surface area contributed by atoms with Crippen molar-refractivity contribution in [2.75, 3.05) is 13.1 Å². The van der Waals surface area contributed by atoms with E-state index < -0.39 is 0 Å². The Morgan fingerprint density at radius 3 is 2.71 bits per heavy atom. The highest BCUT2D eigenvalue weighted by atomic mass is 35.5. The van der Waals surface area contributed by atoms with Crippen LogP contribution in [0.4, 0.5) is 0 Å². The van der Waals surface area contributed by atoms with Crippen LogP contribution in [0.3, 0.4) is 0 Å². The highest BCUT2D eigenvalue weighted by molar-refractivity contribution is 6.30. The first-order valence-electron chi connectivity index (χ1n) is 5.62. The molecule has 1 aromatic rings. The molecule has 2 unspecified atom stereocenters. The zero-order chi connectivity index (χ0) is 12.4. The number of aromatic nitrogens is 1. The van der Waals surface area contributed by atoms with Crippen molar-refractivity contribution in [1.29, 1.82) is 0 Å². The van der Waals surface area contributed by atoms with Crippen LogP contribution in [0.1, 0.15) is 24.3 Å². The van der Waals surface area contributed by atoms with Gasteiger partial charge in [-0.1, -0.05) is 11.6 Å². The molecule has 1 amide bonds. The first-order chi connectivity index (χ1) is 8.06. The highest BCUT2D eigenvalue weighted by Gasteiger charge is 2.27. The molecule has 2 atom stereocenters. The lowest BCUT2D eigenvalue weighted by Crippen LogP contribution is -2.48. The van der Waals surface area contributed by atoms with Crippen molar-refractivity contribution in [2.45, 2.75) is 26.1 Å². The van der Waals surface area contributed by atoms with Gasteiger partial charge in [0, 0.05) is 24.3 Å². The quantitative estimate of drug-likeness (QED) is 0.770. The lowest BCUT2D eigenvalue weighted by Gasteiger charge is -2.35. The molecule has 0 saturated carbocycles. The molecular formula is C12H15ClN2O2. The van der Waals surface area contributed by atoms with E-state index in [9.17, 15) is 4.79 Å². The van der Waals surface area contributed by atoms with Crippen LogP contribution in [0.2, 0.25) is 5.02 Å². The number of ether oxygens (including phenoxy) is 1. The fourth-order valence-corrected chi connectivity index (χ4v) is 2.19. The van der Waals surface area contributed by atoms with Gasteiger partial charge in [-0.25, -0.2) is 0 Å². The number of pyridine rings is 1. The normalized spacial score (nSPS) is 24.8. The van der Waals surface area contributed by atoms with E-state index in [-0.39, 0.29) is 18.1 Å². The van der Waals surface area contributed by atoms with Gasteiger partial charge in [0.05, 0.1) is 12.2 Å². The molecule has 1 fully saturated rings. The summed E-state index contributed by atoms with van der Waals surface area (Å²) in [7, 11) is 0. The average molecular weight is 255 g/mol. The lowest BCUT2D eigenvalue weighted by atomic mass is 10.2. The summed E-state index contributed by atoms with van der Waals surface area (Å²) in [6, 6.07) is 3.25. The molecule has 1 aliphatic heterocycles. The molecule has 2 rings (SSSR count). The summed E-state index contributed by atoms with van der Waals surface area (Å²) >= 11 is 5.85. The fraction of sp³-hybridized carbons (Fsp3) is 0.500. The third kappa shape index (κ3) is 2.96. The molecule has 0 aromatic carbocycles. The molecule has 2 heterocycles. The Kier molecular flexibility index (Phi) is 3.64. The minimum Gasteiger partial charge on any atom is -0.372 e. The van der Waals surface area contributed by atoms with Crippen LogP contribution in [0, 0.1) is 0 Å². The number of carbonyl (C=O) groups excluding carboxylic acids is 1. The van der Waals surface area contributed by atoms with Crippen molar-refractivity contribution in [3.05, 3.63) is 29.0 Å². The van der Waals surface area contributed by atoms with Crippen LogP contribution >= 0.6 is 11.6 Å². The van der Waals surface area contributed by atoms with E-state index in [1.807, 2.05) is 13.8 Å². The largest absolute Gasteiger partial charge is 0.372 e. The van der Waals surface area contributed by atoms with Gasteiger partial charge in [0.2, 0.25) is 0 Å². The molecule has 0 aliphatic carbocycles. The van der Waals surface area contributed by atoms with Crippen molar-refractivity contribution >= 4 is 17.5 Å². The predicted octanol–water partition coefficient (Wildman–Crippen LogP) is 1.98. The molecule has 17 heavy (non-hydrogen) atoms. The maximum Gasteiger partial charge on any atom is 0.272 e. The third-order valence-corrected chi connectivity index (χ3v) is 2.88. The summed E-state index contributed by atoms with van der Waals surface area (Å²) in [5, 5.41) is 0.526. The summed E-state index contributed by atoms with van der Waals surface area (Å²) in [4.78, 5) is 18.0.